The lowest BCUT2D eigenvalue weighted by molar-refractivity contribution is 0.549. The van der Waals surface area contributed by atoms with Crippen LogP contribution >= 0.6 is 27.3 Å². The highest BCUT2D eigenvalue weighted by Crippen LogP contribution is 2.29. The second kappa shape index (κ2) is 6.28. The third-order valence-corrected chi connectivity index (χ3v) is 4.41. The van der Waals surface area contributed by atoms with Gasteiger partial charge in [-0.15, -0.1) is 0 Å². The summed E-state index contributed by atoms with van der Waals surface area (Å²) in [5.41, 5.74) is 2.65. The van der Waals surface area contributed by atoms with Gasteiger partial charge >= 0.3 is 0 Å². The lowest BCUT2D eigenvalue weighted by Crippen LogP contribution is -2.22. The van der Waals surface area contributed by atoms with Crippen LogP contribution < -0.4 is 5.32 Å². The topological polar surface area (TPSA) is 24.9 Å². The van der Waals surface area contributed by atoms with Crippen molar-refractivity contribution < 1.29 is 0 Å². The van der Waals surface area contributed by atoms with Crippen LogP contribution in [0.1, 0.15) is 24.1 Å². The first-order valence-electron chi connectivity index (χ1n) is 5.65. The molecule has 0 aromatic carbocycles. The van der Waals surface area contributed by atoms with Gasteiger partial charge in [0.15, 0.2) is 0 Å². The number of halogens is 1. The van der Waals surface area contributed by atoms with Crippen molar-refractivity contribution in [3.63, 3.8) is 0 Å². The number of hydrogen-bond donors (Lipinski definition) is 1. The van der Waals surface area contributed by atoms with Crippen molar-refractivity contribution in [1.82, 2.24) is 10.3 Å². The van der Waals surface area contributed by atoms with Crippen molar-refractivity contribution in [3.8, 4) is 0 Å². The summed E-state index contributed by atoms with van der Waals surface area (Å²) in [4.78, 5) is 4.05. The van der Waals surface area contributed by atoms with Crippen molar-refractivity contribution in [2.45, 2.75) is 19.4 Å². The molecule has 0 aliphatic carbocycles. The molecule has 2 nitrogen and oxygen atoms in total. The Hall–Kier alpha value is -0.710. The van der Waals surface area contributed by atoms with Crippen LogP contribution in [0.25, 0.3) is 0 Å². The molecule has 0 spiro atoms. The molecule has 2 rings (SSSR count). The van der Waals surface area contributed by atoms with Crippen molar-refractivity contribution >= 4 is 27.3 Å². The first kappa shape index (κ1) is 12.7. The Morgan fingerprint density at radius 3 is 2.71 bits per heavy atom. The smallest absolute Gasteiger partial charge is 0.0380 e. The molecule has 0 bridgehead atoms. The molecule has 1 N–H and O–H groups in total. The highest BCUT2D eigenvalue weighted by atomic mass is 79.9. The van der Waals surface area contributed by atoms with Gasteiger partial charge in [-0.3, -0.25) is 4.98 Å². The van der Waals surface area contributed by atoms with Gasteiger partial charge < -0.3 is 5.32 Å². The number of likely N-dealkylation sites (N-methyl/N-ethyl adjacent to an activating group) is 1. The zero-order chi connectivity index (χ0) is 12.1. The monoisotopic (exact) mass is 310 g/mol. The Labute approximate surface area is 114 Å². The number of hydrogen-bond acceptors (Lipinski definition) is 3. The molecule has 0 saturated carbocycles. The quantitative estimate of drug-likeness (QED) is 0.908. The fourth-order valence-corrected chi connectivity index (χ4v) is 3.46. The van der Waals surface area contributed by atoms with Gasteiger partial charge in [0.2, 0.25) is 0 Å². The molecule has 17 heavy (non-hydrogen) atoms. The molecule has 2 aromatic rings. The van der Waals surface area contributed by atoms with E-state index >= 15 is 0 Å². The Kier molecular flexibility index (Phi) is 4.71. The minimum absolute atomic E-state index is 0.364. The van der Waals surface area contributed by atoms with Gasteiger partial charge in [-0.25, -0.2) is 0 Å². The SMILES string of the molecule is CCNC(Cc1ccncc1)c1cscc1Br. The molecular formula is C13H15BrN2S. The molecule has 1 unspecified atom stereocenters. The van der Waals surface area contributed by atoms with E-state index in [1.54, 1.807) is 11.3 Å². The van der Waals surface area contributed by atoms with Crippen molar-refractivity contribution in [2.75, 3.05) is 6.54 Å². The van der Waals surface area contributed by atoms with Gasteiger partial charge in [0.25, 0.3) is 0 Å². The van der Waals surface area contributed by atoms with Crippen LogP contribution in [0.3, 0.4) is 0 Å². The third-order valence-electron chi connectivity index (χ3n) is 2.66. The van der Waals surface area contributed by atoms with Crippen molar-refractivity contribution in [2.24, 2.45) is 0 Å². The van der Waals surface area contributed by atoms with Gasteiger partial charge in [-0.2, -0.15) is 11.3 Å². The predicted molar refractivity (Wildman–Crippen MR) is 76.4 cm³/mol. The van der Waals surface area contributed by atoms with E-state index < -0.39 is 0 Å². The van der Waals surface area contributed by atoms with Crippen LogP contribution in [0.5, 0.6) is 0 Å². The number of pyridine rings is 1. The summed E-state index contributed by atoms with van der Waals surface area (Å²) in [6.45, 7) is 3.11. The van der Waals surface area contributed by atoms with Crippen molar-refractivity contribution in [1.29, 1.82) is 0 Å². The van der Waals surface area contributed by atoms with E-state index in [2.05, 4.69) is 56.0 Å². The summed E-state index contributed by atoms with van der Waals surface area (Å²) in [5.74, 6) is 0. The molecule has 90 valence electrons. The van der Waals surface area contributed by atoms with Crippen LogP contribution in [0.2, 0.25) is 0 Å². The average molecular weight is 311 g/mol. The Morgan fingerprint density at radius 2 is 2.12 bits per heavy atom. The minimum Gasteiger partial charge on any atom is -0.310 e. The molecule has 0 amide bonds. The van der Waals surface area contributed by atoms with E-state index in [1.807, 2.05) is 12.4 Å². The second-order valence-electron chi connectivity index (χ2n) is 3.84. The number of rotatable bonds is 5. The minimum atomic E-state index is 0.364. The van der Waals surface area contributed by atoms with Crippen LogP contribution in [-0.2, 0) is 6.42 Å². The lowest BCUT2D eigenvalue weighted by Gasteiger charge is -2.17. The second-order valence-corrected chi connectivity index (χ2v) is 5.44. The van der Waals surface area contributed by atoms with Gasteiger partial charge in [0.05, 0.1) is 0 Å². The predicted octanol–water partition coefficient (Wildman–Crippen LogP) is 3.80. The van der Waals surface area contributed by atoms with E-state index in [1.165, 1.54) is 15.6 Å². The third kappa shape index (κ3) is 3.37. The number of nitrogens with zero attached hydrogens (tertiary/aromatic N) is 1. The Balaban J connectivity index is 2.16. The van der Waals surface area contributed by atoms with Gasteiger partial charge in [0, 0.05) is 28.3 Å². The highest BCUT2D eigenvalue weighted by molar-refractivity contribution is 9.10. The maximum Gasteiger partial charge on any atom is 0.0380 e. The summed E-state index contributed by atoms with van der Waals surface area (Å²) < 4.78 is 1.20. The summed E-state index contributed by atoms with van der Waals surface area (Å²) >= 11 is 5.34. The van der Waals surface area contributed by atoms with Crippen molar-refractivity contribution in [3.05, 3.63) is 50.9 Å². The Bertz CT molecular complexity index is 455. The molecule has 2 aromatic heterocycles. The zero-order valence-corrected chi connectivity index (χ0v) is 12.1. The van der Waals surface area contributed by atoms with E-state index in [4.69, 9.17) is 0 Å². The summed E-state index contributed by atoms with van der Waals surface area (Å²) in [6, 6.07) is 4.51. The molecular weight excluding hydrogens is 296 g/mol. The molecule has 1 atom stereocenters. The first-order chi connectivity index (χ1) is 8.31. The largest absolute Gasteiger partial charge is 0.310 e. The molecule has 0 radical (unpaired) electrons. The number of nitrogens with one attached hydrogen (secondary N) is 1. The van der Waals surface area contributed by atoms with E-state index in [0.717, 1.165) is 13.0 Å². The van der Waals surface area contributed by atoms with Gasteiger partial charge in [-0.05, 0) is 57.5 Å². The average Bonchev–Trinajstić information content (AvgIpc) is 2.76. The summed E-state index contributed by atoms with van der Waals surface area (Å²) in [6.07, 6.45) is 4.69. The molecule has 4 heteroatoms. The number of aromatic nitrogens is 1. The maximum atomic E-state index is 4.05. The Morgan fingerprint density at radius 1 is 1.35 bits per heavy atom. The fraction of sp³-hybridized carbons (Fsp3) is 0.308. The lowest BCUT2D eigenvalue weighted by atomic mass is 10.0. The van der Waals surface area contributed by atoms with Gasteiger partial charge in [0.1, 0.15) is 0 Å². The van der Waals surface area contributed by atoms with Gasteiger partial charge in [-0.1, -0.05) is 6.92 Å². The van der Waals surface area contributed by atoms with E-state index in [9.17, 15) is 0 Å². The normalized spacial score (nSPS) is 12.6. The summed E-state index contributed by atoms with van der Waals surface area (Å²) in [7, 11) is 0. The molecule has 0 saturated heterocycles. The fourth-order valence-electron chi connectivity index (χ4n) is 1.83. The maximum absolute atomic E-state index is 4.05. The van der Waals surface area contributed by atoms with E-state index in [0.29, 0.717) is 6.04 Å². The summed E-state index contributed by atoms with van der Waals surface area (Å²) in [5, 5.41) is 7.87. The molecule has 0 aliphatic rings. The number of thiophene rings is 1. The van der Waals surface area contributed by atoms with Crippen LogP contribution in [0.4, 0.5) is 0 Å². The standard InChI is InChI=1S/C13H15BrN2S/c1-2-16-13(11-8-17-9-12(11)14)7-10-3-5-15-6-4-10/h3-6,8-9,13,16H,2,7H2,1H3. The molecule has 2 heterocycles. The molecule has 0 fully saturated rings. The van der Waals surface area contributed by atoms with Crippen LogP contribution in [0, 0.1) is 0 Å². The molecule has 0 aliphatic heterocycles. The zero-order valence-electron chi connectivity index (χ0n) is 9.69. The highest BCUT2D eigenvalue weighted by Gasteiger charge is 2.14. The van der Waals surface area contributed by atoms with E-state index in [-0.39, 0.29) is 0 Å². The first-order valence-corrected chi connectivity index (χ1v) is 7.38. The van der Waals surface area contributed by atoms with Crippen LogP contribution in [0.15, 0.2) is 39.8 Å². The van der Waals surface area contributed by atoms with Crippen LogP contribution in [-0.4, -0.2) is 11.5 Å².